The van der Waals surface area contributed by atoms with Gasteiger partial charge in [0, 0.05) is 23.8 Å². The van der Waals surface area contributed by atoms with E-state index in [1.807, 2.05) is 25.4 Å². The Morgan fingerprint density at radius 2 is 2.10 bits per heavy atom. The summed E-state index contributed by atoms with van der Waals surface area (Å²) in [6.45, 7) is 7.13. The number of rotatable bonds is 4. The van der Waals surface area contributed by atoms with Crippen LogP contribution in [0, 0.1) is 6.92 Å². The van der Waals surface area contributed by atoms with Gasteiger partial charge < -0.3 is 4.57 Å². The monoisotopic (exact) mass is 298 g/mol. The van der Waals surface area contributed by atoms with Crippen molar-refractivity contribution >= 4 is 22.9 Å². The van der Waals surface area contributed by atoms with Crippen LogP contribution >= 0.6 is 11.8 Å². The number of pyridine rings is 2. The summed E-state index contributed by atoms with van der Waals surface area (Å²) in [6, 6.07) is 6.16. The van der Waals surface area contributed by atoms with Crippen molar-refractivity contribution in [2.45, 2.75) is 32.2 Å². The first-order valence-electron chi connectivity index (χ1n) is 7.15. The van der Waals surface area contributed by atoms with Crippen LogP contribution in [0.15, 0.2) is 35.5 Å². The average molecular weight is 298 g/mol. The Labute approximate surface area is 128 Å². The molecule has 3 aromatic heterocycles. The maximum atomic E-state index is 4.78. The highest BCUT2D eigenvalue weighted by atomic mass is 32.2. The fourth-order valence-corrected chi connectivity index (χ4v) is 3.19. The zero-order valence-corrected chi connectivity index (χ0v) is 13.3. The van der Waals surface area contributed by atoms with Crippen molar-refractivity contribution in [1.82, 2.24) is 19.5 Å². The van der Waals surface area contributed by atoms with Crippen molar-refractivity contribution in [3.8, 4) is 11.5 Å². The molecule has 4 nitrogen and oxygen atoms in total. The van der Waals surface area contributed by atoms with Gasteiger partial charge in [0.15, 0.2) is 11.5 Å². The van der Waals surface area contributed by atoms with Crippen molar-refractivity contribution < 1.29 is 0 Å². The second-order valence-corrected chi connectivity index (χ2v) is 6.12. The molecule has 0 aliphatic carbocycles. The summed E-state index contributed by atoms with van der Waals surface area (Å²) in [5, 5.41) is 0. The molecule has 3 heterocycles. The third-order valence-electron chi connectivity index (χ3n) is 3.32. The molecule has 0 fully saturated rings. The smallest absolute Gasteiger partial charge is 0.162 e. The second kappa shape index (κ2) is 5.85. The zero-order chi connectivity index (χ0) is 14.8. The number of fused-ring (bicyclic) bond motifs is 1. The first-order valence-corrected chi connectivity index (χ1v) is 8.14. The van der Waals surface area contributed by atoms with Crippen molar-refractivity contribution in [1.29, 1.82) is 0 Å². The van der Waals surface area contributed by atoms with E-state index >= 15 is 0 Å². The molecule has 0 aromatic carbocycles. The summed E-state index contributed by atoms with van der Waals surface area (Å²) < 4.78 is 2.14. The van der Waals surface area contributed by atoms with E-state index in [1.165, 1.54) is 4.90 Å². The van der Waals surface area contributed by atoms with Crippen LogP contribution in [0.2, 0.25) is 0 Å². The van der Waals surface area contributed by atoms with E-state index < -0.39 is 0 Å². The molecule has 5 heteroatoms. The van der Waals surface area contributed by atoms with E-state index in [0.29, 0.717) is 0 Å². The zero-order valence-electron chi connectivity index (χ0n) is 12.5. The van der Waals surface area contributed by atoms with Crippen molar-refractivity contribution in [2.75, 3.05) is 5.75 Å². The number of hydrogen-bond donors (Lipinski definition) is 0. The lowest BCUT2D eigenvalue weighted by Gasteiger charge is -2.08. The van der Waals surface area contributed by atoms with Crippen LogP contribution in [0.1, 0.15) is 19.4 Å². The highest BCUT2D eigenvalue weighted by molar-refractivity contribution is 7.99. The summed E-state index contributed by atoms with van der Waals surface area (Å²) in [4.78, 5) is 15.1. The van der Waals surface area contributed by atoms with Gasteiger partial charge in [0.1, 0.15) is 11.2 Å². The number of imidazole rings is 1. The van der Waals surface area contributed by atoms with Gasteiger partial charge in [-0.05, 0) is 43.4 Å². The number of thioether (sulfide) groups is 1. The lowest BCUT2D eigenvalue weighted by molar-refractivity contribution is 0.782. The van der Waals surface area contributed by atoms with Crippen molar-refractivity contribution in [3.63, 3.8) is 0 Å². The SMILES string of the molecule is CCSc1cccnc1-c1nc2cc(C)cnc2n1CC. The highest BCUT2D eigenvalue weighted by Crippen LogP contribution is 2.30. The molecule has 0 amide bonds. The first kappa shape index (κ1) is 14.1. The lowest BCUT2D eigenvalue weighted by Crippen LogP contribution is -2.01. The van der Waals surface area contributed by atoms with E-state index in [4.69, 9.17) is 4.98 Å². The third kappa shape index (κ3) is 2.53. The first-order chi connectivity index (χ1) is 10.2. The van der Waals surface area contributed by atoms with E-state index in [-0.39, 0.29) is 0 Å². The molecule has 3 aromatic rings. The Morgan fingerprint density at radius 3 is 2.86 bits per heavy atom. The van der Waals surface area contributed by atoms with Gasteiger partial charge in [-0.15, -0.1) is 11.8 Å². The Hall–Kier alpha value is -1.88. The van der Waals surface area contributed by atoms with E-state index in [9.17, 15) is 0 Å². The average Bonchev–Trinajstić information content (AvgIpc) is 2.85. The summed E-state index contributed by atoms with van der Waals surface area (Å²) >= 11 is 1.79. The lowest BCUT2D eigenvalue weighted by atomic mass is 10.3. The number of aromatic nitrogens is 4. The molecule has 0 radical (unpaired) electrons. The van der Waals surface area contributed by atoms with Crippen molar-refractivity contribution in [3.05, 3.63) is 36.2 Å². The maximum Gasteiger partial charge on any atom is 0.162 e. The number of nitrogens with zero attached hydrogens (tertiary/aromatic N) is 4. The molecule has 0 atom stereocenters. The van der Waals surface area contributed by atoms with Crippen LogP contribution in [-0.4, -0.2) is 25.3 Å². The number of hydrogen-bond acceptors (Lipinski definition) is 4. The molecule has 108 valence electrons. The number of aryl methyl sites for hydroxylation is 2. The summed E-state index contributed by atoms with van der Waals surface area (Å²) in [7, 11) is 0. The fourth-order valence-electron chi connectivity index (χ4n) is 2.42. The normalized spacial score (nSPS) is 11.2. The third-order valence-corrected chi connectivity index (χ3v) is 4.25. The molecule has 0 spiro atoms. The minimum Gasteiger partial charge on any atom is -0.308 e. The maximum absolute atomic E-state index is 4.78. The second-order valence-electron chi connectivity index (χ2n) is 4.82. The Morgan fingerprint density at radius 1 is 1.24 bits per heavy atom. The van der Waals surface area contributed by atoms with Gasteiger partial charge in [0.05, 0.1) is 0 Å². The Kier molecular flexibility index (Phi) is 3.92. The minimum absolute atomic E-state index is 0.828. The predicted octanol–water partition coefficient (Wildman–Crippen LogP) is 3.93. The van der Waals surface area contributed by atoms with Gasteiger partial charge in [-0.1, -0.05) is 6.92 Å². The fraction of sp³-hybridized carbons (Fsp3) is 0.312. The molecule has 0 aliphatic rings. The van der Waals surface area contributed by atoms with Crippen LogP contribution in [0.4, 0.5) is 0 Å². The highest BCUT2D eigenvalue weighted by Gasteiger charge is 2.16. The molecule has 0 saturated heterocycles. The van der Waals surface area contributed by atoms with Gasteiger partial charge in [0.2, 0.25) is 0 Å². The predicted molar refractivity (Wildman–Crippen MR) is 87.6 cm³/mol. The molecule has 0 unspecified atom stereocenters. The molecular formula is C16H18N4S. The molecule has 0 N–H and O–H groups in total. The van der Waals surface area contributed by atoms with Crippen LogP contribution in [-0.2, 0) is 6.54 Å². The molecule has 0 saturated carbocycles. The Bertz CT molecular complexity index is 779. The summed E-state index contributed by atoms with van der Waals surface area (Å²) in [5.74, 6) is 1.92. The van der Waals surface area contributed by atoms with Crippen LogP contribution < -0.4 is 0 Å². The van der Waals surface area contributed by atoms with Crippen LogP contribution in [0.3, 0.4) is 0 Å². The summed E-state index contributed by atoms with van der Waals surface area (Å²) in [5.41, 5.74) is 3.93. The Balaban J connectivity index is 2.25. The largest absolute Gasteiger partial charge is 0.308 e. The molecule has 0 aliphatic heterocycles. The summed E-state index contributed by atoms with van der Waals surface area (Å²) in [6.07, 6.45) is 3.72. The molecular weight excluding hydrogens is 280 g/mol. The van der Waals surface area contributed by atoms with E-state index in [2.05, 4.69) is 40.5 Å². The van der Waals surface area contributed by atoms with Crippen LogP contribution in [0.25, 0.3) is 22.7 Å². The standard InChI is InChI=1S/C16H18N4S/c1-4-20-15-12(9-11(3)10-18-15)19-16(20)14-13(21-5-2)7-6-8-17-14/h6-10H,4-5H2,1-3H3. The van der Waals surface area contributed by atoms with Gasteiger partial charge in [-0.3, -0.25) is 4.98 Å². The minimum atomic E-state index is 0.828. The molecule has 21 heavy (non-hydrogen) atoms. The van der Waals surface area contributed by atoms with Gasteiger partial charge >= 0.3 is 0 Å². The van der Waals surface area contributed by atoms with E-state index in [1.54, 1.807) is 11.8 Å². The van der Waals surface area contributed by atoms with Crippen molar-refractivity contribution in [2.24, 2.45) is 0 Å². The molecule has 3 rings (SSSR count). The molecule has 0 bridgehead atoms. The van der Waals surface area contributed by atoms with Gasteiger partial charge in [-0.2, -0.15) is 0 Å². The van der Waals surface area contributed by atoms with E-state index in [0.717, 1.165) is 40.5 Å². The van der Waals surface area contributed by atoms with Gasteiger partial charge in [0.25, 0.3) is 0 Å². The quantitative estimate of drug-likeness (QED) is 0.684. The van der Waals surface area contributed by atoms with Crippen LogP contribution in [0.5, 0.6) is 0 Å². The topological polar surface area (TPSA) is 43.6 Å². The van der Waals surface area contributed by atoms with Gasteiger partial charge in [-0.25, -0.2) is 9.97 Å².